The van der Waals surface area contributed by atoms with Gasteiger partial charge >= 0.3 is 5.97 Å². The van der Waals surface area contributed by atoms with Crippen LogP contribution < -0.4 is 4.74 Å². The number of fused-ring (bicyclic) bond motifs is 1. The molecule has 1 atom stereocenters. The van der Waals surface area contributed by atoms with E-state index in [1.807, 2.05) is 43.3 Å². The minimum atomic E-state index is -1.01. The van der Waals surface area contributed by atoms with Gasteiger partial charge in [-0.2, -0.15) is 0 Å². The predicted molar refractivity (Wildman–Crippen MR) is 106 cm³/mol. The predicted octanol–water partition coefficient (Wildman–Crippen LogP) is 3.98. The average molecular weight is 392 g/mol. The van der Waals surface area contributed by atoms with E-state index in [1.54, 1.807) is 12.1 Å². The Bertz CT molecular complexity index is 1160. The molecule has 0 amide bonds. The first-order valence-electron chi connectivity index (χ1n) is 8.58. The number of nitrogens with zero attached hydrogens (tertiary/aromatic N) is 4. The Morgan fingerprint density at radius 3 is 2.32 bits per heavy atom. The van der Waals surface area contributed by atoms with Gasteiger partial charge in [0.2, 0.25) is 0 Å². The molecule has 0 aliphatic rings. The van der Waals surface area contributed by atoms with Crippen molar-refractivity contribution in [3.8, 4) is 27.0 Å². The summed E-state index contributed by atoms with van der Waals surface area (Å²) in [6.45, 7) is 3.39. The fourth-order valence-electron chi connectivity index (χ4n) is 2.66. The maximum absolute atomic E-state index is 10.9. The second kappa shape index (κ2) is 7.32. The number of aryl methyl sites for hydroxylation is 1. The molecule has 0 spiro atoms. The molecule has 2 heterocycles. The van der Waals surface area contributed by atoms with E-state index in [2.05, 4.69) is 20.2 Å². The van der Waals surface area contributed by atoms with Crippen LogP contribution in [0.3, 0.4) is 0 Å². The molecule has 0 aliphatic heterocycles. The van der Waals surface area contributed by atoms with Gasteiger partial charge in [-0.15, -0.1) is 10.2 Å². The summed E-state index contributed by atoms with van der Waals surface area (Å²) in [5, 5.41) is 18.9. The lowest BCUT2D eigenvalue weighted by Gasteiger charge is -2.10. The first-order chi connectivity index (χ1) is 13.5. The summed E-state index contributed by atoms with van der Waals surface area (Å²) >= 11 is 1.43. The highest BCUT2D eigenvalue weighted by atomic mass is 32.1. The van der Waals surface area contributed by atoms with E-state index in [-0.39, 0.29) is 0 Å². The van der Waals surface area contributed by atoms with Crippen molar-refractivity contribution in [2.24, 2.45) is 0 Å². The summed E-state index contributed by atoms with van der Waals surface area (Å²) in [5.41, 5.74) is 4.05. The average Bonchev–Trinajstić information content (AvgIpc) is 3.18. The highest BCUT2D eigenvalue weighted by Crippen LogP contribution is 2.31. The van der Waals surface area contributed by atoms with E-state index in [0.29, 0.717) is 10.8 Å². The molecule has 1 N–H and O–H groups in total. The fraction of sp³-hybridized carbons (Fsp3) is 0.150. The van der Waals surface area contributed by atoms with Gasteiger partial charge in [-0.1, -0.05) is 23.5 Å². The Hall–Kier alpha value is -3.39. The number of hydrogen-bond donors (Lipinski definition) is 1. The van der Waals surface area contributed by atoms with Crippen molar-refractivity contribution in [1.29, 1.82) is 0 Å². The van der Waals surface area contributed by atoms with Crippen molar-refractivity contribution < 1.29 is 14.6 Å². The number of carbonyl (C=O) groups is 1. The van der Waals surface area contributed by atoms with Crippen LogP contribution in [-0.2, 0) is 4.79 Å². The molecule has 4 aromatic rings. The third-order valence-electron chi connectivity index (χ3n) is 4.13. The van der Waals surface area contributed by atoms with Crippen LogP contribution >= 0.6 is 11.3 Å². The van der Waals surface area contributed by atoms with Crippen LogP contribution in [0.25, 0.3) is 32.3 Å². The van der Waals surface area contributed by atoms with Crippen molar-refractivity contribution in [2.45, 2.75) is 20.0 Å². The third kappa shape index (κ3) is 3.54. The van der Waals surface area contributed by atoms with E-state index in [4.69, 9.17) is 9.84 Å². The number of hydrogen-bond acceptors (Lipinski definition) is 7. The van der Waals surface area contributed by atoms with Gasteiger partial charge in [-0.05, 0) is 50.2 Å². The summed E-state index contributed by atoms with van der Waals surface area (Å²) in [6.07, 6.45) is -0.909. The Labute approximate surface area is 164 Å². The first-order valence-corrected chi connectivity index (χ1v) is 9.40. The molecule has 2 aromatic heterocycles. The van der Waals surface area contributed by atoms with Crippen LogP contribution in [0.1, 0.15) is 12.6 Å². The van der Waals surface area contributed by atoms with E-state index < -0.39 is 12.1 Å². The Kier molecular flexibility index (Phi) is 4.70. The van der Waals surface area contributed by atoms with E-state index in [0.717, 1.165) is 33.0 Å². The number of aromatic nitrogens is 4. The van der Waals surface area contributed by atoms with Crippen molar-refractivity contribution >= 4 is 28.3 Å². The number of carboxylic acids is 1. The van der Waals surface area contributed by atoms with E-state index >= 15 is 0 Å². The van der Waals surface area contributed by atoms with Crippen LogP contribution in [0.2, 0.25) is 0 Å². The Morgan fingerprint density at radius 2 is 1.64 bits per heavy atom. The molecule has 0 unspecified atom stereocenters. The molecule has 0 fully saturated rings. The van der Waals surface area contributed by atoms with Crippen LogP contribution in [0, 0.1) is 6.92 Å². The van der Waals surface area contributed by atoms with Gasteiger partial charge in [0, 0.05) is 5.56 Å². The monoisotopic (exact) mass is 392 g/mol. The number of para-hydroxylation sites is 2. The van der Waals surface area contributed by atoms with Crippen molar-refractivity contribution in [3.63, 3.8) is 0 Å². The number of ether oxygens (including phenoxy) is 1. The van der Waals surface area contributed by atoms with E-state index in [9.17, 15) is 4.79 Å². The topological polar surface area (TPSA) is 98.1 Å². The minimum absolute atomic E-state index is 0.486. The lowest BCUT2D eigenvalue weighted by Crippen LogP contribution is -2.22. The highest BCUT2D eigenvalue weighted by Gasteiger charge is 2.15. The molecule has 0 saturated heterocycles. The fourth-order valence-corrected chi connectivity index (χ4v) is 3.55. The molecule has 0 bridgehead atoms. The molecule has 7 nitrogen and oxygen atoms in total. The lowest BCUT2D eigenvalue weighted by atomic mass is 10.2. The normalized spacial score (nSPS) is 12.1. The standard InChI is InChI=1S/C20H16N4O3S/c1-11-17(22-16-6-4-3-5-15(16)21-11)19-24-23-18(28-19)13-7-9-14(10-8-13)27-12(2)20(25)26/h3-10,12H,1-2H3,(H,25,26)/t12-/m1/s1. The second-order valence-electron chi connectivity index (χ2n) is 6.18. The maximum atomic E-state index is 10.9. The quantitative estimate of drug-likeness (QED) is 0.548. The second-order valence-corrected chi connectivity index (χ2v) is 7.16. The lowest BCUT2D eigenvalue weighted by molar-refractivity contribution is -0.144. The molecule has 4 rings (SSSR count). The molecule has 2 aromatic carbocycles. The van der Waals surface area contributed by atoms with Gasteiger partial charge < -0.3 is 9.84 Å². The molecule has 0 saturated carbocycles. The zero-order valence-corrected chi connectivity index (χ0v) is 16.0. The first kappa shape index (κ1) is 18.0. The van der Waals surface area contributed by atoms with Gasteiger partial charge in [-0.25, -0.2) is 14.8 Å². The summed E-state index contributed by atoms with van der Waals surface area (Å²) in [7, 11) is 0. The molecule has 0 aliphatic carbocycles. The minimum Gasteiger partial charge on any atom is -0.479 e. The Morgan fingerprint density at radius 1 is 1.00 bits per heavy atom. The SMILES string of the molecule is Cc1nc2ccccc2nc1-c1nnc(-c2ccc(O[C@H](C)C(=O)O)cc2)s1. The molecular formula is C20H16N4O3S. The van der Waals surface area contributed by atoms with E-state index in [1.165, 1.54) is 18.3 Å². The maximum Gasteiger partial charge on any atom is 0.344 e. The Balaban J connectivity index is 1.61. The molecule has 28 heavy (non-hydrogen) atoms. The third-order valence-corrected chi connectivity index (χ3v) is 5.11. The zero-order valence-electron chi connectivity index (χ0n) is 15.2. The zero-order chi connectivity index (χ0) is 19.7. The smallest absolute Gasteiger partial charge is 0.344 e. The van der Waals surface area contributed by atoms with Crippen molar-refractivity contribution in [2.75, 3.05) is 0 Å². The highest BCUT2D eigenvalue weighted by molar-refractivity contribution is 7.17. The summed E-state index contributed by atoms with van der Waals surface area (Å²) < 4.78 is 5.35. The van der Waals surface area contributed by atoms with Crippen molar-refractivity contribution in [3.05, 3.63) is 54.2 Å². The molecule has 140 valence electrons. The van der Waals surface area contributed by atoms with Gasteiger partial charge in [0.15, 0.2) is 11.1 Å². The number of benzene rings is 2. The van der Waals surface area contributed by atoms with Crippen LogP contribution in [0.5, 0.6) is 5.75 Å². The van der Waals surface area contributed by atoms with Crippen LogP contribution in [0.15, 0.2) is 48.5 Å². The van der Waals surface area contributed by atoms with Crippen LogP contribution in [-0.4, -0.2) is 37.3 Å². The number of rotatable bonds is 5. The van der Waals surface area contributed by atoms with Crippen molar-refractivity contribution in [1.82, 2.24) is 20.2 Å². The van der Waals surface area contributed by atoms with Crippen LogP contribution in [0.4, 0.5) is 0 Å². The molecule has 0 radical (unpaired) electrons. The summed E-state index contributed by atoms with van der Waals surface area (Å²) in [5.74, 6) is -0.524. The number of carboxylic acid groups (broad SMARTS) is 1. The van der Waals surface area contributed by atoms with Gasteiger partial charge in [0.1, 0.15) is 16.5 Å². The summed E-state index contributed by atoms with van der Waals surface area (Å²) in [6, 6.07) is 14.8. The van der Waals surface area contributed by atoms with Gasteiger partial charge in [-0.3, -0.25) is 0 Å². The molecule has 8 heteroatoms. The van der Waals surface area contributed by atoms with Gasteiger partial charge in [0.05, 0.1) is 16.7 Å². The van der Waals surface area contributed by atoms with Gasteiger partial charge in [0.25, 0.3) is 0 Å². The molecular weight excluding hydrogens is 376 g/mol. The summed E-state index contributed by atoms with van der Waals surface area (Å²) in [4.78, 5) is 20.2. The number of aliphatic carboxylic acids is 1. The largest absolute Gasteiger partial charge is 0.479 e.